The standard InChI is InChI=1S/C21H27N3O3.H2S/c1-14-10-18(11-15(2)22-14)27-13-17-6-7-24(12-17)16(3)19-4-5-20-21(23-19)26-9-8-25-20;/h4-5,10-11,16-17H,6-9,12-13H2,1-3H3;1H2/t16?,17-;/m0./s1. The van der Waals surface area contributed by atoms with Gasteiger partial charge in [0.2, 0.25) is 0 Å². The number of likely N-dealkylation sites (tertiary alicyclic amines) is 1. The summed E-state index contributed by atoms with van der Waals surface area (Å²) in [7, 11) is 0. The summed E-state index contributed by atoms with van der Waals surface area (Å²) in [5, 5.41) is 0. The molecule has 2 aromatic heterocycles. The number of pyridine rings is 2. The van der Waals surface area contributed by atoms with Crippen LogP contribution in [0.1, 0.15) is 36.5 Å². The van der Waals surface area contributed by atoms with E-state index in [2.05, 4.69) is 21.8 Å². The minimum absolute atomic E-state index is 0. The lowest BCUT2D eigenvalue weighted by atomic mass is 10.1. The van der Waals surface area contributed by atoms with Crippen LogP contribution in [0.3, 0.4) is 0 Å². The maximum Gasteiger partial charge on any atom is 0.257 e. The Morgan fingerprint density at radius 1 is 1.14 bits per heavy atom. The van der Waals surface area contributed by atoms with Crippen LogP contribution in [0.15, 0.2) is 24.3 Å². The minimum atomic E-state index is 0. The Labute approximate surface area is 173 Å². The molecule has 1 unspecified atom stereocenters. The highest BCUT2D eigenvalue weighted by Gasteiger charge is 2.28. The molecule has 6 nitrogen and oxygen atoms in total. The molecular weight excluding hydrogens is 374 g/mol. The van der Waals surface area contributed by atoms with Crippen LogP contribution in [-0.4, -0.2) is 47.8 Å². The van der Waals surface area contributed by atoms with E-state index in [-0.39, 0.29) is 19.5 Å². The summed E-state index contributed by atoms with van der Waals surface area (Å²) >= 11 is 0. The van der Waals surface area contributed by atoms with Crippen molar-refractivity contribution in [2.24, 2.45) is 5.92 Å². The lowest BCUT2D eigenvalue weighted by molar-refractivity contribution is 0.161. The molecule has 2 aliphatic rings. The fourth-order valence-electron chi connectivity index (χ4n) is 3.81. The molecule has 4 rings (SSSR count). The van der Waals surface area contributed by atoms with Gasteiger partial charge in [0.1, 0.15) is 19.0 Å². The van der Waals surface area contributed by atoms with Crippen molar-refractivity contribution in [3.8, 4) is 17.4 Å². The second kappa shape index (κ2) is 9.01. The minimum Gasteiger partial charge on any atom is -0.493 e. The van der Waals surface area contributed by atoms with E-state index in [4.69, 9.17) is 14.2 Å². The number of hydrogen-bond donors (Lipinski definition) is 0. The van der Waals surface area contributed by atoms with Gasteiger partial charge >= 0.3 is 0 Å². The van der Waals surface area contributed by atoms with E-state index < -0.39 is 0 Å². The molecular formula is C21H29N3O3S. The van der Waals surface area contributed by atoms with Crippen LogP contribution in [0.5, 0.6) is 17.4 Å². The van der Waals surface area contributed by atoms with Gasteiger partial charge in [0.05, 0.1) is 12.3 Å². The first-order valence-corrected chi connectivity index (χ1v) is 9.67. The highest BCUT2D eigenvalue weighted by Crippen LogP contribution is 2.32. The largest absolute Gasteiger partial charge is 0.493 e. The van der Waals surface area contributed by atoms with Gasteiger partial charge in [0, 0.05) is 42.0 Å². The number of aromatic nitrogens is 2. The zero-order valence-corrected chi connectivity index (χ0v) is 17.8. The monoisotopic (exact) mass is 403 g/mol. The van der Waals surface area contributed by atoms with Gasteiger partial charge in [-0.2, -0.15) is 13.5 Å². The summed E-state index contributed by atoms with van der Waals surface area (Å²) in [6, 6.07) is 8.27. The van der Waals surface area contributed by atoms with Gasteiger partial charge in [-0.05, 0) is 45.9 Å². The Hall–Kier alpha value is -1.99. The molecule has 0 aromatic carbocycles. The molecule has 1 fully saturated rings. The lowest BCUT2D eigenvalue weighted by Gasteiger charge is -2.25. The van der Waals surface area contributed by atoms with Gasteiger partial charge in [-0.15, -0.1) is 0 Å². The van der Waals surface area contributed by atoms with Gasteiger partial charge in [-0.1, -0.05) is 0 Å². The fourth-order valence-corrected chi connectivity index (χ4v) is 3.81. The SMILES string of the molecule is Cc1cc(OC[C@H]2CCN(C(C)c3ccc4c(n3)OCCO4)C2)cc(C)n1.S. The Kier molecular flexibility index (Phi) is 6.67. The van der Waals surface area contributed by atoms with E-state index in [1.807, 2.05) is 38.1 Å². The second-order valence-corrected chi connectivity index (χ2v) is 7.46. The van der Waals surface area contributed by atoms with E-state index >= 15 is 0 Å². The van der Waals surface area contributed by atoms with Crippen molar-refractivity contribution in [2.75, 3.05) is 32.9 Å². The van der Waals surface area contributed by atoms with Gasteiger partial charge in [0.15, 0.2) is 5.75 Å². The summed E-state index contributed by atoms with van der Waals surface area (Å²) in [6.07, 6.45) is 1.14. The van der Waals surface area contributed by atoms with Gasteiger partial charge < -0.3 is 14.2 Å². The maximum absolute atomic E-state index is 6.04. The predicted molar refractivity (Wildman–Crippen MR) is 113 cm³/mol. The third kappa shape index (κ3) is 4.70. The van der Waals surface area contributed by atoms with Crippen LogP contribution in [0, 0.1) is 19.8 Å². The quantitative estimate of drug-likeness (QED) is 0.762. The number of aryl methyl sites for hydroxylation is 2. The van der Waals surface area contributed by atoms with Crippen LogP contribution in [-0.2, 0) is 0 Å². The predicted octanol–water partition coefficient (Wildman–Crippen LogP) is 3.44. The summed E-state index contributed by atoms with van der Waals surface area (Å²) in [4.78, 5) is 11.5. The number of rotatable bonds is 5. The van der Waals surface area contributed by atoms with Crippen molar-refractivity contribution < 1.29 is 14.2 Å². The van der Waals surface area contributed by atoms with Crippen molar-refractivity contribution in [1.82, 2.24) is 14.9 Å². The average Bonchev–Trinajstić information content (AvgIpc) is 3.14. The van der Waals surface area contributed by atoms with E-state index in [0.717, 1.165) is 54.7 Å². The van der Waals surface area contributed by atoms with Crippen LogP contribution < -0.4 is 14.2 Å². The molecule has 4 heterocycles. The van der Waals surface area contributed by atoms with Crippen molar-refractivity contribution in [2.45, 2.75) is 33.2 Å². The number of nitrogens with zero attached hydrogens (tertiary/aromatic N) is 3. The molecule has 7 heteroatoms. The lowest BCUT2D eigenvalue weighted by Crippen LogP contribution is -2.27. The van der Waals surface area contributed by atoms with Crippen molar-refractivity contribution in [1.29, 1.82) is 0 Å². The van der Waals surface area contributed by atoms with Gasteiger partial charge in [-0.25, -0.2) is 4.98 Å². The van der Waals surface area contributed by atoms with Crippen LogP contribution in [0.4, 0.5) is 0 Å². The van der Waals surface area contributed by atoms with Gasteiger partial charge in [-0.3, -0.25) is 9.88 Å². The van der Waals surface area contributed by atoms with Crippen molar-refractivity contribution in [3.63, 3.8) is 0 Å². The van der Waals surface area contributed by atoms with Crippen molar-refractivity contribution >= 4 is 13.5 Å². The molecule has 0 bridgehead atoms. The Balaban J connectivity index is 0.00000225. The highest BCUT2D eigenvalue weighted by atomic mass is 32.1. The van der Waals surface area contributed by atoms with Crippen LogP contribution in [0.2, 0.25) is 0 Å². The Morgan fingerprint density at radius 3 is 2.68 bits per heavy atom. The van der Waals surface area contributed by atoms with E-state index in [1.165, 1.54) is 0 Å². The first kappa shape index (κ1) is 20.7. The van der Waals surface area contributed by atoms with Crippen molar-refractivity contribution in [3.05, 3.63) is 41.3 Å². The average molecular weight is 404 g/mol. The summed E-state index contributed by atoms with van der Waals surface area (Å²) in [6.45, 7) is 10.2. The third-order valence-electron chi connectivity index (χ3n) is 5.26. The van der Waals surface area contributed by atoms with E-state index in [9.17, 15) is 0 Å². The highest BCUT2D eigenvalue weighted by molar-refractivity contribution is 7.59. The maximum atomic E-state index is 6.04. The Morgan fingerprint density at radius 2 is 1.89 bits per heavy atom. The van der Waals surface area contributed by atoms with Gasteiger partial charge in [0.25, 0.3) is 5.88 Å². The molecule has 2 atom stereocenters. The molecule has 0 amide bonds. The molecule has 0 aliphatic carbocycles. The normalized spacial score (nSPS) is 19.8. The first-order valence-electron chi connectivity index (χ1n) is 9.67. The smallest absolute Gasteiger partial charge is 0.257 e. The van der Waals surface area contributed by atoms with Crippen LogP contribution in [0.25, 0.3) is 0 Å². The Bertz CT molecular complexity index is 797. The zero-order chi connectivity index (χ0) is 18.8. The molecule has 152 valence electrons. The molecule has 1 saturated heterocycles. The van der Waals surface area contributed by atoms with Crippen LogP contribution >= 0.6 is 13.5 Å². The molecule has 0 saturated carbocycles. The topological polar surface area (TPSA) is 56.7 Å². The van der Waals surface area contributed by atoms with E-state index in [0.29, 0.717) is 25.0 Å². The summed E-state index contributed by atoms with van der Waals surface area (Å²) in [5.74, 6) is 2.80. The fraction of sp³-hybridized carbons (Fsp3) is 0.524. The first-order chi connectivity index (χ1) is 13.1. The van der Waals surface area contributed by atoms with E-state index in [1.54, 1.807) is 0 Å². The number of fused-ring (bicyclic) bond motifs is 1. The molecule has 2 aliphatic heterocycles. The molecule has 0 N–H and O–H groups in total. The number of hydrogen-bond acceptors (Lipinski definition) is 6. The molecule has 0 spiro atoms. The molecule has 28 heavy (non-hydrogen) atoms. The third-order valence-corrected chi connectivity index (χ3v) is 5.26. The molecule has 2 aromatic rings. The zero-order valence-electron chi connectivity index (χ0n) is 16.8. The molecule has 0 radical (unpaired) electrons. The second-order valence-electron chi connectivity index (χ2n) is 7.46. The summed E-state index contributed by atoms with van der Waals surface area (Å²) in [5.41, 5.74) is 3.02. The number of ether oxygens (including phenoxy) is 3. The summed E-state index contributed by atoms with van der Waals surface area (Å²) < 4.78 is 17.2.